The van der Waals surface area contributed by atoms with E-state index in [0.717, 1.165) is 13.1 Å². The standard InChI is InChI=1S/C5H15N2O2P/c1-3-6-4-5-7-10(2,8)9/h6H,3-5H2,1-2H3,(H2,7,8,9). The average Bonchev–Trinajstić information content (AvgIpc) is 1.78. The molecule has 0 amide bonds. The molecule has 0 aromatic heterocycles. The molecule has 0 aliphatic rings. The zero-order valence-electron chi connectivity index (χ0n) is 6.42. The van der Waals surface area contributed by atoms with E-state index in [9.17, 15) is 4.57 Å². The van der Waals surface area contributed by atoms with Crippen molar-refractivity contribution in [3.8, 4) is 0 Å². The Labute approximate surface area is 61.5 Å². The van der Waals surface area contributed by atoms with Gasteiger partial charge in [-0.25, -0.2) is 5.09 Å². The minimum absolute atomic E-state index is 0.540. The van der Waals surface area contributed by atoms with Gasteiger partial charge < -0.3 is 10.2 Å². The Kier molecular flexibility index (Phi) is 4.91. The molecule has 0 aliphatic carbocycles. The Balaban J connectivity index is 3.13. The van der Waals surface area contributed by atoms with Gasteiger partial charge in [0, 0.05) is 19.8 Å². The van der Waals surface area contributed by atoms with Crippen LogP contribution in [0, 0.1) is 0 Å². The third-order valence-corrected chi connectivity index (χ3v) is 1.77. The number of hydrogen-bond acceptors (Lipinski definition) is 2. The van der Waals surface area contributed by atoms with Crippen molar-refractivity contribution < 1.29 is 9.46 Å². The molecular weight excluding hydrogens is 151 g/mol. The van der Waals surface area contributed by atoms with Gasteiger partial charge in [0.25, 0.3) is 7.52 Å². The second-order valence-electron chi connectivity index (χ2n) is 2.14. The summed E-state index contributed by atoms with van der Waals surface area (Å²) in [6, 6.07) is 0. The quantitative estimate of drug-likeness (QED) is 0.397. The Bertz CT molecular complexity index is 123. The number of likely N-dealkylation sites (N-methyl/N-ethyl adjacent to an activating group) is 1. The predicted molar refractivity (Wildman–Crippen MR) is 42.3 cm³/mol. The van der Waals surface area contributed by atoms with Gasteiger partial charge in [-0.05, 0) is 6.54 Å². The van der Waals surface area contributed by atoms with Crippen molar-refractivity contribution >= 4 is 7.52 Å². The summed E-state index contributed by atoms with van der Waals surface area (Å²) in [6.07, 6.45) is 0. The second kappa shape index (κ2) is 4.85. The van der Waals surface area contributed by atoms with Gasteiger partial charge in [-0.3, -0.25) is 4.57 Å². The highest BCUT2D eigenvalue weighted by Gasteiger charge is 2.05. The first kappa shape index (κ1) is 10.1. The molecule has 0 saturated carbocycles. The van der Waals surface area contributed by atoms with Crippen LogP contribution in [0.4, 0.5) is 0 Å². The normalized spacial score (nSPS) is 16.7. The molecule has 4 nitrogen and oxygen atoms in total. The predicted octanol–water partition coefficient (Wildman–Crippen LogP) is 0.000700. The van der Waals surface area contributed by atoms with Crippen LogP contribution >= 0.6 is 7.52 Å². The molecular formula is C5H15N2O2P. The summed E-state index contributed by atoms with van der Waals surface area (Å²) < 4.78 is 10.6. The fourth-order valence-electron chi connectivity index (χ4n) is 0.529. The van der Waals surface area contributed by atoms with Crippen molar-refractivity contribution in [1.82, 2.24) is 10.4 Å². The monoisotopic (exact) mass is 166 g/mol. The molecule has 10 heavy (non-hydrogen) atoms. The summed E-state index contributed by atoms with van der Waals surface area (Å²) in [5.74, 6) is 0. The fraction of sp³-hybridized carbons (Fsp3) is 1.00. The van der Waals surface area contributed by atoms with E-state index in [-0.39, 0.29) is 0 Å². The van der Waals surface area contributed by atoms with Crippen molar-refractivity contribution in [3.05, 3.63) is 0 Å². The van der Waals surface area contributed by atoms with Crippen molar-refractivity contribution in [3.63, 3.8) is 0 Å². The third-order valence-electron chi connectivity index (χ3n) is 0.957. The van der Waals surface area contributed by atoms with E-state index in [1.165, 1.54) is 6.66 Å². The van der Waals surface area contributed by atoms with Gasteiger partial charge in [-0.15, -0.1) is 0 Å². The van der Waals surface area contributed by atoms with E-state index in [2.05, 4.69) is 10.4 Å². The van der Waals surface area contributed by atoms with Crippen molar-refractivity contribution in [2.24, 2.45) is 0 Å². The minimum atomic E-state index is -3.00. The zero-order valence-corrected chi connectivity index (χ0v) is 7.32. The molecule has 0 heterocycles. The van der Waals surface area contributed by atoms with Crippen molar-refractivity contribution in [2.75, 3.05) is 26.3 Å². The topological polar surface area (TPSA) is 61.4 Å². The fourth-order valence-corrected chi connectivity index (χ4v) is 1.06. The number of hydrogen-bond donors (Lipinski definition) is 3. The first-order valence-corrected chi connectivity index (χ1v) is 5.43. The highest BCUT2D eigenvalue weighted by Crippen LogP contribution is 2.27. The first-order valence-electron chi connectivity index (χ1n) is 3.32. The van der Waals surface area contributed by atoms with E-state index < -0.39 is 7.52 Å². The third kappa shape index (κ3) is 8.11. The largest absolute Gasteiger partial charge is 0.333 e. The molecule has 0 aromatic rings. The van der Waals surface area contributed by atoms with Gasteiger partial charge in [0.05, 0.1) is 0 Å². The zero-order chi connectivity index (χ0) is 8.04. The van der Waals surface area contributed by atoms with E-state index in [1.54, 1.807) is 0 Å². The van der Waals surface area contributed by atoms with E-state index >= 15 is 0 Å². The van der Waals surface area contributed by atoms with Gasteiger partial charge in [0.15, 0.2) is 0 Å². The van der Waals surface area contributed by atoms with Crippen LogP contribution in [-0.2, 0) is 4.57 Å². The van der Waals surface area contributed by atoms with Crippen molar-refractivity contribution in [2.45, 2.75) is 6.92 Å². The molecule has 0 aromatic carbocycles. The molecule has 0 saturated heterocycles. The van der Waals surface area contributed by atoms with E-state index in [1.807, 2.05) is 6.92 Å². The molecule has 0 radical (unpaired) electrons. The Morgan fingerprint density at radius 2 is 2.10 bits per heavy atom. The average molecular weight is 166 g/mol. The summed E-state index contributed by atoms with van der Waals surface area (Å²) in [4.78, 5) is 8.73. The maximum absolute atomic E-state index is 10.6. The van der Waals surface area contributed by atoms with E-state index in [0.29, 0.717) is 6.54 Å². The van der Waals surface area contributed by atoms with Gasteiger partial charge in [0.2, 0.25) is 0 Å². The smallest absolute Gasteiger partial charge is 0.264 e. The second-order valence-corrected chi connectivity index (χ2v) is 4.22. The van der Waals surface area contributed by atoms with Crippen LogP contribution in [0.3, 0.4) is 0 Å². The lowest BCUT2D eigenvalue weighted by molar-refractivity contribution is 0.469. The summed E-state index contributed by atoms with van der Waals surface area (Å²) in [6.45, 7) is 5.44. The molecule has 0 bridgehead atoms. The number of rotatable bonds is 5. The molecule has 3 N–H and O–H groups in total. The van der Waals surface area contributed by atoms with Crippen LogP contribution in [0.15, 0.2) is 0 Å². The molecule has 1 unspecified atom stereocenters. The highest BCUT2D eigenvalue weighted by molar-refractivity contribution is 7.54. The Morgan fingerprint density at radius 1 is 1.50 bits per heavy atom. The summed E-state index contributed by atoms with van der Waals surface area (Å²) in [5.41, 5.74) is 0. The molecule has 0 rings (SSSR count). The van der Waals surface area contributed by atoms with Gasteiger partial charge in [0.1, 0.15) is 0 Å². The molecule has 0 spiro atoms. The maximum atomic E-state index is 10.6. The van der Waals surface area contributed by atoms with Crippen LogP contribution < -0.4 is 10.4 Å². The van der Waals surface area contributed by atoms with Crippen LogP contribution in [0.25, 0.3) is 0 Å². The Hall–Kier alpha value is 0.110. The Morgan fingerprint density at radius 3 is 2.50 bits per heavy atom. The van der Waals surface area contributed by atoms with Gasteiger partial charge >= 0.3 is 0 Å². The van der Waals surface area contributed by atoms with Crippen molar-refractivity contribution in [1.29, 1.82) is 0 Å². The highest BCUT2D eigenvalue weighted by atomic mass is 31.2. The lowest BCUT2D eigenvalue weighted by Crippen LogP contribution is -2.25. The SMILES string of the molecule is CCNCCNP(C)(=O)O. The van der Waals surface area contributed by atoms with Crippen LogP contribution in [0.5, 0.6) is 0 Å². The van der Waals surface area contributed by atoms with Crippen LogP contribution in [0.1, 0.15) is 6.92 Å². The first-order chi connectivity index (χ1) is 4.56. The summed E-state index contributed by atoms with van der Waals surface area (Å²) in [7, 11) is -3.00. The molecule has 0 aliphatic heterocycles. The molecule has 1 atom stereocenters. The lowest BCUT2D eigenvalue weighted by atomic mass is 10.6. The lowest BCUT2D eigenvalue weighted by Gasteiger charge is -2.06. The van der Waals surface area contributed by atoms with Crippen LogP contribution in [0.2, 0.25) is 0 Å². The summed E-state index contributed by atoms with van der Waals surface area (Å²) >= 11 is 0. The van der Waals surface area contributed by atoms with Gasteiger partial charge in [-0.1, -0.05) is 6.92 Å². The molecule has 0 fully saturated rings. The number of nitrogens with one attached hydrogen (secondary N) is 2. The van der Waals surface area contributed by atoms with Crippen LogP contribution in [-0.4, -0.2) is 31.2 Å². The molecule has 5 heteroatoms. The minimum Gasteiger partial charge on any atom is -0.333 e. The van der Waals surface area contributed by atoms with E-state index in [4.69, 9.17) is 4.89 Å². The summed E-state index contributed by atoms with van der Waals surface area (Å²) in [5, 5.41) is 5.53. The molecule has 62 valence electrons. The van der Waals surface area contributed by atoms with Gasteiger partial charge in [-0.2, -0.15) is 0 Å². The maximum Gasteiger partial charge on any atom is 0.264 e.